The van der Waals surface area contributed by atoms with Crippen LogP contribution < -0.4 is 10.1 Å². The largest absolute Gasteiger partial charge is 0.490 e. The third kappa shape index (κ3) is 3.93. The molecule has 0 unspecified atom stereocenters. The van der Waals surface area contributed by atoms with Crippen LogP contribution in [0.15, 0.2) is 36.9 Å². The molecule has 0 bridgehead atoms. The number of ether oxygens (including phenoxy) is 1. The molecule has 1 aromatic rings. The maximum atomic E-state index is 11.7. The number of carbonyl (C=O) groups is 2. The van der Waals surface area contributed by atoms with E-state index in [0.717, 1.165) is 0 Å². The average Bonchev–Trinajstić information content (AvgIpc) is 2.36. The quantitative estimate of drug-likeness (QED) is 0.748. The van der Waals surface area contributed by atoms with E-state index in [-0.39, 0.29) is 0 Å². The number of rotatable bonds is 6. The monoisotopic (exact) mass is 249 g/mol. The van der Waals surface area contributed by atoms with Crippen molar-refractivity contribution in [1.82, 2.24) is 5.32 Å². The van der Waals surface area contributed by atoms with Crippen LogP contribution in [-0.4, -0.2) is 29.6 Å². The molecular weight excluding hydrogens is 234 g/mol. The Morgan fingerprint density at radius 2 is 2.06 bits per heavy atom. The van der Waals surface area contributed by atoms with E-state index in [1.54, 1.807) is 30.3 Å². The van der Waals surface area contributed by atoms with Gasteiger partial charge in [-0.05, 0) is 31.2 Å². The number of nitrogens with one attached hydrogen (secondary N) is 1. The summed E-state index contributed by atoms with van der Waals surface area (Å²) in [4.78, 5) is 22.2. The van der Waals surface area contributed by atoms with Gasteiger partial charge in [-0.3, -0.25) is 9.59 Å². The first-order valence-electron chi connectivity index (χ1n) is 5.42. The Morgan fingerprint density at radius 3 is 2.56 bits per heavy atom. The number of benzene rings is 1. The van der Waals surface area contributed by atoms with E-state index in [0.29, 0.717) is 17.9 Å². The van der Waals surface area contributed by atoms with Crippen molar-refractivity contribution >= 4 is 11.9 Å². The summed E-state index contributed by atoms with van der Waals surface area (Å²) in [5.74, 6) is -0.882. The van der Waals surface area contributed by atoms with Gasteiger partial charge in [0.05, 0.1) is 0 Å². The second-order valence-corrected chi connectivity index (χ2v) is 3.66. The zero-order chi connectivity index (χ0) is 13.5. The van der Waals surface area contributed by atoms with Crippen LogP contribution in [-0.2, 0) is 4.79 Å². The lowest BCUT2D eigenvalue weighted by molar-refractivity contribution is -0.138. The normalized spacial score (nSPS) is 11.4. The van der Waals surface area contributed by atoms with Gasteiger partial charge in [-0.2, -0.15) is 0 Å². The maximum Gasteiger partial charge on any atom is 0.325 e. The molecule has 1 aromatic carbocycles. The van der Waals surface area contributed by atoms with Gasteiger partial charge in [0.2, 0.25) is 0 Å². The first-order valence-corrected chi connectivity index (χ1v) is 5.42. The SMILES string of the molecule is C=CCOc1ccc(C(=O)N[C@@H](C)C(=O)O)cc1. The van der Waals surface area contributed by atoms with E-state index < -0.39 is 17.9 Å². The highest BCUT2D eigenvalue weighted by atomic mass is 16.5. The molecule has 0 radical (unpaired) electrons. The summed E-state index contributed by atoms with van der Waals surface area (Å²) in [6, 6.07) is 5.51. The zero-order valence-corrected chi connectivity index (χ0v) is 10.1. The molecule has 96 valence electrons. The highest BCUT2D eigenvalue weighted by Crippen LogP contribution is 2.12. The summed E-state index contributed by atoms with van der Waals surface area (Å²) < 4.78 is 5.27. The van der Waals surface area contributed by atoms with Crippen LogP contribution in [0.4, 0.5) is 0 Å². The molecule has 0 fully saturated rings. The van der Waals surface area contributed by atoms with Crippen molar-refractivity contribution in [3.8, 4) is 5.75 Å². The van der Waals surface area contributed by atoms with Gasteiger partial charge >= 0.3 is 5.97 Å². The smallest absolute Gasteiger partial charge is 0.325 e. The lowest BCUT2D eigenvalue weighted by Crippen LogP contribution is -2.38. The van der Waals surface area contributed by atoms with Crippen LogP contribution in [0.25, 0.3) is 0 Å². The molecule has 0 heterocycles. The summed E-state index contributed by atoms with van der Waals surface area (Å²) in [5, 5.41) is 11.0. The summed E-state index contributed by atoms with van der Waals surface area (Å²) in [6.45, 7) is 5.32. The zero-order valence-electron chi connectivity index (χ0n) is 10.1. The molecule has 1 rings (SSSR count). The number of amides is 1. The highest BCUT2D eigenvalue weighted by molar-refractivity contribution is 5.96. The Kier molecular flexibility index (Phi) is 4.92. The van der Waals surface area contributed by atoms with E-state index in [9.17, 15) is 9.59 Å². The molecule has 5 heteroatoms. The molecule has 0 spiro atoms. The number of carboxylic acid groups (broad SMARTS) is 1. The van der Waals surface area contributed by atoms with Crippen molar-refractivity contribution in [3.05, 3.63) is 42.5 Å². The maximum absolute atomic E-state index is 11.7. The van der Waals surface area contributed by atoms with Crippen LogP contribution in [0.2, 0.25) is 0 Å². The molecule has 5 nitrogen and oxygen atoms in total. The van der Waals surface area contributed by atoms with Crippen molar-refractivity contribution in [2.24, 2.45) is 0 Å². The van der Waals surface area contributed by atoms with Gasteiger partial charge in [-0.1, -0.05) is 12.7 Å². The standard InChI is InChI=1S/C13H15NO4/c1-3-8-18-11-6-4-10(5-7-11)12(15)14-9(2)13(16)17/h3-7,9H,1,8H2,2H3,(H,14,15)(H,16,17)/t9-/m0/s1. The molecular formula is C13H15NO4. The molecule has 1 atom stereocenters. The molecule has 0 aliphatic carbocycles. The number of aliphatic carboxylic acids is 1. The molecule has 0 aliphatic heterocycles. The minimum atomic E-state index is -1.07. The third-order valence-electron chi connectivity index (χ3n) is 2.20. The molecule has 0 aliphatic rings. The molecule has 1 amide bonds. The number of carboxylic acids is 1. The third-order valence-corrected chi connectivity index (χ3v) is 2.20. The lowest BCUT2D eigenvalue weighted by Gasteiger charge is -2.09. The Balaban J connectivity index is 2.64. The summed E-state index contributed by atoms with van der Waals surface area (Å²) in [7, 11) is 0. The van der Waals surface area contributed by atoms with Gasteiger partial charge < -0.3 is 15.2 Å². The fraction of sp³-hybridized carbons (Fsp3) is 0.231. The van der Waals surface area contributed by atoms with Crippen molar-refractivity contribution in [2.75, 3.05) is 6.61 Å². The first kappa shape index (κ1) is 13.8. The Bertz CT molecular complexity index is 439. The molecule has 2 N–H and O–H groups in total. The minimum absolute atomic E-state index is 0.383. The van der Waals surface area contributed by atoms with E-state index in [4.69, 9.17) is 9.84 Å². The fourth-order valence-corrected chi connectivity index (χ4v) is 1.20. The van der Waals surface area contributed by atoms with E-state index in [1.165, 1.54) is 6.92 Å². The van der Waals surface area contributed by atoms with Gasteiger partial charge in [0.25, 0.3) is 5.91 Å². The number of carbonyl (C=O) groups excluding carboxylic acids is 1. The highest BCUT2D eigenvalue weighted by Gasteiger charge is 2.14. The average molecular weight is 249 g/mol. The number of hydrogen-bond acceptors (Lipinski definition) is 3. The second-order valence-electron chi connectivity index (χ2n) is 3.66. The Hall–Kier alpha value is -2.30. The molecule has 0 aromatic heterocycles. The van der Waals surface area contributed by atoms with Crippen molar-refractivity contribution in [2.45, 2.75) is 13.0 Å². The van der Waals surface area contributed by atoms with Gasteiger partial charge in [0.15, 0.2) is 0 Å². The first-order chi connectivity index (χ1) is 8.54. The van der Waals surface area contributed by atoms with Crippen LogP contribution in [0.3, 0.4) is 0 Å². The van der Waals surface area contributed by atoms with E-state index in [1.807, 2.05) is 0 Å². The molecule has 0 saturated carbocycles. The van der Waals surface area contributed by atoms with Crippen LogP contribution in [0.1, 0.15) is 17.3 Å². The minimum Gasteiger partial charge on any atom is -0.490 e. The van der Waals surface area contributed by atoms with Crippen LogP contribution >= 0.6 is 0 Å². The van der Waals surface area contributed by atoms with Gasteiger partial charge in [-0.15, -0.1) is 0 Å². The van der Waals surface area contributed by atoms with Crippen LogP contribution in [0, 0.1) is 0 Å². The van der Waals surface area contributed by atoms with Crippen molar-refractivity contribution in [1.29, 1.82) is 0 Å². The molecule has 18 heavy (non-hydrogen) atoms. The van der Waals surface area contributed by atoms with E-state index >= 15 is 0 Å². The van der Waals surface area contributed by atoms with E-state index in [2.05, 4.69) is 11.9 Å². The van der Waals surface area contributed by atoms with Crippen LogP contribution in [0.5, 0.6) is 5.75 Å². The van der Waals surface area contributed by atoms with Gasteiger partial charge in [0, 0.05) is 5.56 Å². The molecule has 0 saturated heterocycles. The fourth-order valence-electron chi connectivity index (χ4n) is 1.20. The summed E-state index contributed by atoms with van der Waals surface area (Å²) in [6.07, 6.45) is 1.62. The van der Waals surface area contributed by atoms with Crippen molar-refractivity contribution in [3.63, 3.8) is 0 Å². The van der Waals surface area contributed by atoms with Crippen molar-refractivity contribution < 1.29 is 19.4 Å². The lowest BCUT2D eigenvalue weighted by atomic mass is 10.2. The second kappa shape index (κ2) is 6.44. The topological polar surface area (TPSA) is 75.6 Å². The van der Waals surface area contributed by atoms with Gasteiger partial charge in [0.1, 0.15) is 18.4 Å². The summed E-state index contributed by atoms with van der Waals surface area (Å²) in [5.41, 5.74) is 0.383. The Morgan fingerprint density at radius 1 is 1.44 bits per heavy atom. The summed E-state index contributed by atoms with van der Waals surface area (Å²) >= 11 is 0. The Labute approximate surface area is 105 Å². The number of hydrogen-bond donors (Lipinski definition) is 2. The predicted molar refractivity (Wildman–Crippen MR) is 66.7 cm³/mol. The van der Waals surface area contributed by atoms with Gasteiger partial charge in [-0.25, -0.2) is 0 Å². The predicted octanol–water partition coefficient (Wildman–Crippen LogP) is 1.45.